The molecular formula is C22H31ClN4OS. The number of amides is 1. The van der Waals surface area contributed by atoms with Crippen LogP contribution in [0.4, 0.5) is 10.3 Å². The van der Waals surface area contributed by atoms with Crippen molar-refractivity contribution < 1.29 is 4.79 Å². The van der Waals surface area contributed by atoms with E-state index in [1.165, 1.54) is 68.8 Å². The molecule has 0 bridgehead atoms. The summed E-state index contributed by atoms with van der Waals surface area (Å²) >= 11 is 7.41. The van der Waals surface area contributed by atoms with Crippen molar-refractivity contribution in [3.8, 4) is 0 Å². The summed E-state index contributed by atoms with van der Waals surface area (Å²) in [5, 5.41) is 15.9. The number of aromatic nitrogens is 2. The van der Waals surface area contributed by atoms with E-state index in [1.54, 1.807) is 12.1 Å². The van der Waals surface area contributed by atoms with Gasteiger partial charge < -0.3 is 5.32 Å². The van der Waals surface area contributed by atoms with Crippen LogP contribution >= 0.6 is 22.9 Å². The summed E-state index contributed by atoms with van der Waals surface area (Å²) < 4.78 is 0. The predicted octanol–water partition coefficient (Wildman–Crippen LogP) is 6.79. The van der Waals surface area contributed by atoms with Gasteiger partial charge in [0.1, 0.15) is 0 Å². The third kappa shape index (κ3) is 9.90. The van der Waals surface area contributed by atoms with Crippen LogP contribution in [0, 0.1) is 0 Å². The van der Waals surface area contributed by atoms with Gasteiger partial charge in [-0.25, -0.2) is 0 Å². The first-order chi connectivity index (χ1) is 14.2. The number of halogens is 1. The van der Waals surface area contributed by atoms with Crippen LogP contribution in [0.3, 0.4) is 0 Å². The predicted molar refractivity (Wildman–Crippen MR) is 125 cm³/mol. The first-order valence-corrected chi connectivity index (χ1v) is 11.7. The van der Waals surface area contributed by atoms with Crippen LogP contribution in [-0.2, 0) is 4.79 Å². The molecule has 0 unspecified atom stereocenters. The lowest BCUT2D eigenvalue weighted by molar-refractivity contribution is -0.111. The number of nitrogens with one attached hydrogen (secondary N) is 2. The largest absolute Gasteiger partial charge is 0.360 e. The zero-order valence-electron chi connectivity index (χ0n) is 17.1. The lowest BCUT2D eigenvalue weighted by Gasteiger charge is -2.03. The van der Waals surface area contributed by atoms with Gasteiger partial charge in [0.2, 0.25) is 16.2 Å². The molecule has 29 heavy (non-hydrogen) atoms. The zero-order valence-corrected chi connectivity index (χ0v) is 18.7. The standard InChI is InChI=1S/C22H31ClN4OS/c1-2-3-4-5-6-7-8-9-12-17-24-21-26-27-22(29-21)25-20(28)16-15-18-13-10-11-14-19(18)23/h10-11,13-16H,2-9,12,17H2,1H3,(H,24,26)(H,25,27,28). The third-order valence-corrected chi connectivity index (χ3v) is 5.67. The molecule has 0 aliphatic heterocycles. The smallest absolute Gasteiger partial charge is 0.250 e. The van der Waals surface area contributed by atoms with E-state index in [4.69, 9.17) is 11.6 Å². The van der Waals surface area contributed by atoms with E-state index in [0.717, 1.165) is 23.7 Å². The second kappa shape index (κ2) is 14.1. The highest BCUT2D eigenvalue weighted by Gasteiger charge is 2.06. The fourth-order valence-corrected chi connectivity index (χ4v) is 3.77. The Bertz CT molecular complexity index is 763. The Morgan fingerprint density at radius 3 is 2.38 bits per heavy atom. The first-order valence-electron chi connectivity index (χ1n) is 10.5. The van der Waals surface area contributed by atoms with E-state index in [0.29, 0.717) is 10.2 Å². The van der Waals surface area contributed by atoms with Gasteiger partial charge in [0, 0.05) is 17.6 Å². The second-order valence-electron chi connectivity index (χ2n) is 7.01. The van der Waals surface area contributed by atoms with Gasteiger partial charge in [-0.15, -0.1) is 10.2 Å². The van der Waals surface area contributed by atoms with Gasteiger partial charge in [-0.2, -0.15) is 0 Å². The van der Waals surface area contributed by atoms with Crippen LogP contribution in [0.15, 0.2) is 30.3 Å². The van der Waals surface area contributed by atoms with E-state index in [-0.39, 0.29) is 5.91 Å². The Morgan fingerprint density at radius 1 is 1.00 bits per heavy atom. The number of benzene rings is 1. The molecule has 0 atom stereocenters. The van der Waals surface area contributed by atoms with E-state index in [2.05, 4.69) is 27.8 Å². The molecule has 2 rings (SSSR count). The normalized spacial score (nSPS) is 11.1. The number of carbonyl (C=O) groups excluding carboxylic acids is 1. The Labute approximate surface area is 183 Å². The molecule has 5 nitrogen and oxygen atoms in total. The molecule has 1 amide bonds. The summed E-state index contributed by atoms with van der Waals surface area (Å²) in [6, 6.07) is 7.37. The number of carbonyl (C=O) groups is 1. The SMILES string of the molecule is CCCCCCCCCCCNc1nnc(NC(=O)C=Cc2ccccc2Cl)s1. The number of hydrogen-bond donors (Lipinski definition) is 2. The molecular weight excluding hydrogens is 404 g/mol. The molecule has 158 valence electrons. The summed E-state index contributed by atoms with van der Waals surface area (Å²) in [7, 11) is 0. The summed E-state index contributed by atoms with van der Waals surface area (Å²) in [5.41, 5.74) is 0.796. The number of rotatable bonds is 14. The fourth-order valence-electron chi connectivity index (χ4n) is 2.90. The van der Waals surface area contributed by atoms with Gasteiger partial charge in [-0.1, -0.05) is 99.4 Å². The molecule has 0 saturated heterocycles. The summed E-state index contributed by atoms with van der Waals surface area (Å²) in [6.07, 6.45) is 14.9. The molecule has 2 N–H and O–H groups in total. The maximum atomic E-state index is 12.0. The van der Waals surface area contributed by atoms with Gasteiger partial charge >= 0.3 is 0 Å². The molecule has 0 spiro atoms. The zero-order chi connectivity index (χ0) is 20.7. The lowest BCUT2D eigenvalue weighted by Crippen LogP contribution is -2.07. The topological polar surface area (TPSA) is 66.9 Å². The molecule has 7 heteroatoms. The van der Waals surface area contributed by atoms with Crippen molar-refractivity contribution in [2.45, 2.75) is 64.7 Å². The second-order valence-corrected chi connectivity index (χ2v) is 8.40. The highest BCUT2D eigenvalue weighted by Crippen LogP contribution is 2.20. The van der Waals surface area contributed by atoms with Crippen molar-refractivity contribution in [1.82, 2.24) is 10.2 Å². The minimum Gasteiger partial charge on any atom is -0.360 e. The maximum absolute atomic E-state index is 12.0. The highest BCUT2D eigenvalue weighted by molar-refractivity contribution is 7.19. The first kappa shape index (κ1) is 23.4. The molecule has 0 saturated carbocycles. The van der Waals surface area contributed by atoms with Crippen molar-refractivity contribution in [1.29, 1.82) is 0 Å². The van der Waals surface area contributed by atoms with Crippen LogP contribution in [0.25, 0.3) is 6.08 Å². The van der Waals surface area contributed by atoms with E-state index in [1.807, 2.05) is 18.2 Å². The maximum Gasteiger partial charge on any atom is 0.250 e. The molecule has 0 aliphatic rings. The van der Waals surface area contributed by atoms with E-state index in [9.17, 15) is 4.79 Å². The minimum atomic E-state index is -0.258. The average molecular weight is 435 g/mol. The molecule has 1 aromatic heterocycles. The third-order valence-electron chi connectivity index (χ3n) is 4.53. The van der Waals surface area contributed by atoms with Crippen molar-refractivity contribution in [3.05, 3.63) is 40.9 Å². The van der Waals surface area contributed by atoms with Gasteiger partial charge in [0.15, 0.2) is 0 Å². The van der Waals surface area contributed by atoms with E-state index < -0.39 is 0 Å². The minimum absolute atomic E-state index is 0.258. The molecule has 0 radical (unpaired) electrons. The number of anilines is 2. The Morgan fingerprint density at radius 2 is 1.66 bits per heavy atom. The van der Waals surface area contributed by atoms with Gasteiger partial charge in [0.25, 0.3) is 0 Å². The number of nitrogens with zero attached hydrogens (tertiary/aromatic N) is 2. The van der Waals surface area contributed by atoms with Crippen molar-refractivity contribution in [2.75, 3.05) is 17.2 Å². The quantitative estimate of drug-likeness (QED) is 0.254. The van der Waals surface area contributed by atoms with Gasteiger partial charge in [0.05, 0.1) is 0 Å². The van der Waals surface area contributed by atoms with Crippen LogP contribution < -0.4 is 10.6 Å². The molecule has 0 aliphatic carbocycles. The van der Waals surface area contributed by atoms with Crippen LogP contribution in [0.1, 0.15) is 70.3 Å². The summed E-state index contributed by atoms with van der Waals surface area (Å²) in [6.45, 7) is 3.13. The Kier molecular flexibility index (Phi) is 11.4. The average Bonchev–Trinajstić information content (AvgIpc) is 3.16. The van der Waals surface area contributed by atoms with E-state index >= 15 is 0 Å². The van der Waals surface area contributed by atoms with Crippen molar-refractivity contribution >= 4 is 45.2 Å². The van der Waals surface area contributed by atoms with Gasteiger partial charge in [-0.3, -0.25) is 10.1 Å². The van der Waals surface area contributed by atoms with Crippen LogP contribution in [0.2, 0.25) is 5.02 Å². The Balaban J connectivity index is 1.59. The van der Waals surface area contributed by atoms with Crippen molar-refractivity contribution in [3.63, 3.8) is 0 Å². The fraction of sp³-hybridized carbons (Fsp3) is 0.500. The molecule has 1 heterocycles. The van der Waals surface area contributed by atoms with Crippen LogP contribution in [-0.4, -0.2) is 22.6 Å². The Hall–Kier alpha value is -1.92. The summed E-state index contributed by atoms with van der Waals surface area (Å²) in [5.74, 6) is -0.258. The summed E-state index contributed by atoms with van der Waals surface area (Å²) in [4.78, 5) is 12.0. The van der Waals surface area contributed by atoms with Gasteiger partial charge in [-0.05, 0) is 24.1 Å². The number of unbranched alkanes of at least 4 members (excludes halogenated alkanes) is 8. The van der Waals surface area contributed by atoms with Crippen LogP contribution in [0.5, 0.6) is 0 Å². The molecule has 1 aromatic carbocycles. The highest BCUT2D eigenvalue weighted by atomic mass is 35.5. The molecule has 0 fully saturated rings. The van der Waals surface area contributed by atoms with Crippen molar-refractivity contribution in [2.24, 2.45) is 0 Å². The molecule has 2 aromatic rings. The number of hydrogen-bond acceptors (Lipinski definition) is 5. The monoisotopic (exact) mass is 434 g/mol. The lowest BCUT2D eigenvalue weighted by atomic mass is 10.1.